The van der Waals surface area contributed by atoms with E-state index in [4.69, 9.17) is 9.84 Å². The third kappa shape index (κ3) is 3.20. The molecule has 0 spiro atoms. The highest BCUT2D eigenvalue weighted by Gasteiger charge is 2.53. The summed E-state index contributed by atoms with van der Waals surface area (Å²) in [6.45, 7) is 4.76. The minimum atomic E-state index is -1.56. The van der Waals surface area contributed by atoms with Crippen molar-refractivity contribution in [1.82, 2.24) is 4.90 Å². The third-order valence-electron chi connectivity index (χ3n) is 2.24. The molecular weight excluding hydrogens is 344 g/mol. The molecule has 1 aliphatic rings. The second-order valence-electron chi connectivity index (χ2n) is 4.96. The molecule has 0 bridgehead atoms. The molecule has 1 aliphatic heterocycles. The van der Waals surface area contributed by atoms with Gasteiger partial charge in [0.05, 0.1) is 6.54 Å². The van der Waals surface area contributed by atoms with Crippen molar-refractivity contribution in [2.75, 3.05) is 6.54 Å². The van der Waals surface area contributed by atoms with Crippen molar-refractivity contribution < 1.29 is 23.8 Å². The summed E-state index contributed by atoms with van der Waals surface area (Å²) in [7, 11) is 0. The number of likely N-dealkylation sites (tertiary alicyclic amines) is 1. The van der Waals surface area contributed by atoms with E-state index in [0.29, 0.717) is 0 Å². The zero-order chi connectivity index (χ0) is 13.4. The monoisotopic (exact) mass is 359 g/mol. The van der Waals surface area contributed by atoms with Gasteiger partial charge in [0.25, 0.3) is 0 Å². The minimum absolute atomic E-state index is 0.220. The predicted octanol–water partition coefficient (Wildman–Crippen LogP) is 2.18. The molecule has 1 rings (SSSR count). The van der Waals surface area contributed by atoms with E-state index in [1.807, 2.05) is 0 Å². The first kappa shape index (κ1) is 14.5. The van der Waals surface area contributed by atoms with Crippen LogP contribution in [0.15, 0.2) is 0 Å². The summed E-state index contributed by atoms with van der Waals surface area (Å²) in [4.78, 5) is 23.9. The molecule has 0 aromatic rings. The van der Waals surface area contributed by atoms with E-state index >= 15 is 0 Å². The van der Waals surface area contributed by atoms with Gasteiger partial charge in [-0.05, 0) is 43.4 Å². The van der Waals surface area contributed by atoms with Gasteiger partial charge < -0.3 is 9.84 Å². The number of rotatable bonds is 1. The first-order chi connectivity index (χ1) is 7.56. The number of ether oxygens (including phenoxy) is 1. The van der Waals surface area contributed by atoms with Gasteiger partial charge >= 0.3 is 12.1 Å². The summed E-state index contributed by atoms with van der Waals surface area (Å²) in [6.07, 6.45) is -2.35. The summed E-state index contributed by atoms with van der Waals surface area (Å²) in [6, 6.07) is 0. The molecule has 0 radical (unpaired) electrons. The molecular formula is C10H15FINO4. The molecule has 2 atom stereocenters. The fourth-order valence-corrected chi connectivity index (χ4v) is 2.42. The van der Waals surface area contributed by atoms with Crippen LogP contribution in [-0.2, 0) is 9.53 Å². The van der Waals surface area contributed by atoms with E-state index in [1.54, 1.807) is 43.4 Å². The smallest absolute Gasteiger partial charge is 0.411 e. The highest BCUT2D eigenvalue weighted by Crippen LogP contribution is 2.38. The summed E-state index contributed by atoms with van der Waals surface area (Å²) in [5.74, 6) is -1.23. The third-order valence-corrected chi connectivity index (χ3v) is 3.73. The maximum Gasteiger partial charge on any atom is 0.411 e. The Morgan fingerprint density at radius 1 is 1.53 bits per heavy atom. The second kappa shape index (κ2) is 4.58. The van der Waals surface area contributed by atoms with Gasteiger partial charge in [0.2, 0.25) is 0 Å². The average molecular weight is 359 g/mol. The van der Waals surface area contributed by atoms with Crippen LogP contribution in [0.1, 0.15) is 27.2 Å². The standard InChI is InChI=1S/C10H15FINO4/c1-9(2,3)17-8(16)13-5-6(11)4-10(13,12)7(14)15/h6H,4-5H2,1-3H3,(H,14,15)/t6-,10-/m0/s1. The topological polar surface area (TPSA) is 66.8 Å². The number of carboxylic acid groups (broad SMARTS) is 1. The van der Waals surface area contributed by atoms with E-state index in [1.165, 1.54) is 0 Å². The number of hydrogen-bond acceptors (Lipinski definition) is 3. The van der Waals surface area contributed by atoms with Crippen molar-refractivity contribution in [1.29, 1.82) is 0 Å². The molecule has 1 N–H and O–H groups in total. The molecule has 7 heteroatoms. The number of amides is 1. The zero-order valence-corrected chi connectivity index (χ0v) is 12.0. The fraction of sp³-hybridized carbons (Fsp3) is 0.800. The normalized spacial score (nSPS) is 29.2. The van der Waals surface area contributed by atoms with Crippen LogP contribution in [0, 0.1) is 0 Å². The number of carbonyl (C=O) groups excluding carboxylic acids is 1. The van der Waals surface area contributed by atoms with E-state index in [0.717, 1.165) is 4.90 Å². The lowest BCUT2D eigenvalue weighted by molar-refractivity contribution is -0.143. The van der Waals surface area contributed by atoms with Crippen LogP contribution in [0.25, 0.3) is 0 Å². The Kier molecular flexibility index (Phi) is 3.90. The molecule has 0 aromatic carbocycles. The van der Waals surface area contributed by atoms with Gasteiger partial charge in [0.1, 0.15) is 11.8 Å². The molecule has 1 heterocycles. The lowest BCUT2D eigenvalue weighted by Gasteiger charge is -2.31. The number of carbonyl (C=O) groups is 2. The van der Waals surface area contributed by atoms with Gasteiger partial charge in [-0.2, -0.15) is 0 Å². The van der Waals surface area contributed by atoms with Crippen LogP contribution in [-0.4, -0.2) is 43.9 Å². The number of nitrogens with zero attached hydrogens (tertiary/aromatic N) is 1. The molecule has 17 heavy (non-hydrogen) atoms. The number of hydrogen-bond donors (Lipinski definition) is 1. The summed E-state index contributed by atoms with van der Waals surface area (Å²) >= 11 is 1.58. The maximum atomic E-state index is 13.3. The van der Waals surface area contributed by atoms with Crippen molar-refractivity contribution in [2.24, 2.45) is 0 Å². The molecule has 0 unspecified atom stereocenters. The number of carboxylic acids is 1. The Bertz CT molecular complexity index is 344. The van der Waals surface area contributed by atoms with Crippen molar-refractivity contribution in [3.63, 3.8) is 0 Å². The largest absolute Gasteiger partial charge is 0.479 e. The van der Waals surface area contributed by atoms with Gasteiger partial charge in [-0.15, -0.1) is 0 Å². The minimum Gasteiger partial charge on any atom is -0.479 e. The molecule has 1 saturated heterocycles. The van der Waals surface area contributed by atoms with Crippen LogP contribution in [0.3, 0.4) is 0 Å². The Hall–Kier alpha value is -0.600. The highest BCUT2D eigenvalue weighted by atomic mass is 127. The Morgan fingerprint density at radius 2 is 2.06 bits per heavy atom. The Balaban J connectivity index is 2.88. The van der Waals surface area contributed by atoms with Crippen molar-refractivity contribution in [2.45, 2.75) is 42.5 Å². The Labute approximate surface area is 112 Å². The number of halogens is 2. The van der Waals surface area contributed by atoms with Gasteiger partial charge in [0, 0.05) is 6.42 Å². The molecule has 1 amide bonds. The van der Waals surface area contributed by atoms with Crippen LogP contribution in [0.2, 0.25) is 0 Å². The lowest BCUT2D eigenvalue weighted by atomic mass is 10.2. The van der Waals surface area contributed by atoms with Crippen LogP contribution < -0.4 is 0 Å². The highest BCUT2D eigenvalue weighted by molar-refractivity contribution is 14.1. The molecule has 98 valence electrons. The van der Waals surface area contributed by atoms with E-state index in [-0.39, 0.29) is 13.0 Å². The fourth-order valence-electron chi connectivity index (χ4n) is 1.55. The van der Waals surface area contributed by atoms with Gasteiger partial charge in [-0.1, -0.05) is 0 Å². The van der Waals surface area contributed by atoms with Gasteiger partial charge in [-0.3, -0.25) is 4.90 Å². The van der Waals surface area contributed by atoms with E-state index < -0.39 is 27.4 Å². The predicted molar refractivity (Wildman–Crippen MR) is 66.8 cm³/mol. The van der Waals surface area contributed by atoms with E-state index in [9.17, 15) is 14.0 Å². The van der Waals surface area contributed by atoms with Gasteiger partial charge in [-0.25, -0.2) is 14.0 Å². The van der Waals surface area contributed by atoms with Gasteiger partial charge in [0.15, 0.2) is 3.55 Å². The summed E-state index contributed by atoms with van der Waals surface area (Å²) < 4.78 is 16.8. The molecule has 5 nitrogen and oxygen atoms in total. The van der Waals surface area contributed by atoms with Crippen molar-refractivity contribution >= 4 is 34.7 Å². The van der Waals surface area contributed by atoms with Crippen molar-refractivity contribution in [3.8, 4) is 0 Å². The first-order valence-corrected chi connectivity index (χ1v) is 6.21. The first-order valence-electron chi connectivity index (χ1n) is 5.13. The molecule has 0 aromatic heterocycles. The second-order valence-corrected chi connectivity index (χ2v) is 6.74. The van der Waals surface area contributed by atoms with Crippen LogP contribution in [0.4, 0.5) is 9.18 Å². The zero-order valence-electron chi connectivity index (χ0n) is 9.87. The average Bonchev–Trinajstić information content (AvgIpc) is 2.40. The van der Waals surface area contributed by atoms with Crippen LogP contribution in [0.5, 0.6) is 0 Å². The lowest BCUT2D eigenvalue weighted by Crippen LogP contribution is -2.49. The quantitative estimate of drug-likeness (QED) is 0.443. The maximum absolute atomic E-state index is 13.3. The Morgan fingerprint density at radius 3 is 2.47 bits per heavy atom. The van der Waals surface area contributed by atoms with Crippen molar-refractivity contribution in [3.05, 3.63) is 0 Å². The number of alkyl halides is 2. The summed E-state index contributed by atoms with van der Waals surface area (Å²) in [5, 5.41) is 9.08. The van der Waals surface area contributed by atoms with E-state index in [2.05, 4.69) is 0 Å². The number of aliphatic carboxylic acids is 1. The molecule has 1 fully saturated rings. The molecule has 0 saturated carbocycles. The molecule has 0 aliphatic carbocycles. The van der Waals surface area contributed by atoms with Crippen LogP contribution >= 0.6 is 22.6 Å². The SMILES string of the molecule is CC(C)(C)OC(=O)N1C[C@@H](F)C[C@@]1(I)C(=O)O. The summed E-state index contributed by atoms with van der Waals surface area (Å²) in [5.41, 5.74) is -0.735.